The van der Waals surface area contributed by atoms with E-state index < -0.39 is 0 Å². The molecule has 0 atom stereocenters. The summed E-state index contributed by atoms with van der Waals surface area (Å²) in [7, 11) is 1.70. The molecule has 0 saturated carbocycles. The third kappa shape index (κ3) is 10.9. The number of rotatable bonds is 20. The lowest BCUT2D eigenvalue weighted by Crippen LogP contribution is -2.10. The summed E-state index contributed by atoms with van der Waals surface area (Å²) in [6, 6.07) is 25.0. The zero-order valence-electron chi connectivity index (χ0n) is 24.5. The highest BCUT2D eigenvalue weighted by molar-refractivity contribution is 5.77. The van der Waals surface area contributed by atoms with E-state index in [1.54, 1.807) is 7.11 Å². The summed E-state index contributed by atoms with van der Waals surface area (Å²) in [5.74, 6) is 2.68. The Balaban J connectivity index is 1.62. The van der Waals surface area contributed by atoms with E-state index in [9.17, 15) is 0 Å². The maximum Gasteiger partial charge on any atom is 0.119 e. The van der Waals surface area contributed by atoms with Crippen LogP contribution >= 0.6 is 0 Å². The molecule has 3 rings (SSSR count). The van der Waals surface area contributed by atoms with Crippen molar-refractivity contribution in [3.63, 3.8) is 0 Å². The molecule has 3 aromatic carbocycles. The van der Waals surface area contributed by atoms with E-state index in [2.05, 4.69) is 79.4 Å². The number of methoxy groups -OCH3 is 1. The molecule has 0 spiro atoms. The Kier molecular flexibility index (Phi) is 14.2. The predicted octanol–water partition coefficient (Wildman–Crippen LogP) is 10.6. The van der Waals surface area contributed by atoms with E-state index in [4.69, 9.17) is 14.2 Å². The Bertz CT molecular complexity index is 954. The summed E-state index contributed by atoms with van der Waals surface area (Å²) in [5.41, 5.74) is 3.22. The van der Waals surface area contributed by atoms with Crippen LogP contribution in [0.5, 0.6) is 17.2 Å². The molecule has 212 valence electrons. The van der Waals surface area contributed by atoms with Crippen molar-refractivity contribution in [1.29, 1.82) is 0 Å². The molecule has 0 aliphatic carbocycles. The highest BCUT2D eigenvalue weighted by Gasteiger charge is 2.13. The first-order valence-electron chi connectivity index (χ1n) is 15.1. The second-order valence-corrected chi connectivity index (χ2v) is 10.3. The first kappa shape index (κ1) is 30.4. The van der Waals surface area contributed by atoms with Crippen LogP contribution in [0.25, 0.3) is 0 Å². The van der Waals surface area contributed by atoms with E-state index >= 15 is 0 Å². The van der Waals surface area contributed by atoms with Gasteiger partial charge in [-0.2, -0.15) is 0 Å². The fraction of sp³-hybridized carbons (Fsp3) is 0.486. The Hall–Kier alpha value is -3.14. The monoisotopic (exact) mass is 531 g/mol. The van der Waals surface area contributed by atoms with Gasteiger partial charge in [-0.1, -0.05) is 78.1 Å². The molecule has 39 heavy (non-hydrogen) atoms. The SMILES string of the molecule is CCCCCCCCOc1ccc(N(c2ccc(OC)cc2)c2ccc(OCCCCCCCC)cc2)cc1. The smallest absolute Gasteiger partial charge is 0.119 e. The first-order valence-corrected chi connectivity index (χ1v) is 15.1. The zero-order valence-corrected chi connectivity index (χ0v) is 24.5. The molecular weight excluding hydrogens is 482 g/mol. The van der Waals surface area contributed by atoms with E-state index in [1.807, 2.05) is 12.1 Å². The molecule has 3 aromatic rings. The summed E-state index contributed by atoms with van der Waals surface area (Å²) in [4.78, 5) is 2.24. The maximum absolute atomic E-state index is 6.03. The van der Waals surface area contributed by atoms with Crippen molar-refractivity contribution in [1.82, 2.24) is 0 Å². The molecule has 0 unspecified atom stereocenters. The first-order chi connectivity index (χ1) is 19.2. The minimum Gasteiger partial charge on any atom is -0.497 e. The van der Waals surface area contributed by atoms with Crippen LogP contribution in [0.15, 0.2) is 72.8 Å². The molecule has 0 radical (unpaired) electrons. The number of nitrogens with zero attached hydrogens (tertiary/aromatic N) is 1. The van der Waals surface area contributed by atoms with Crippen LogP contribution in [-0.2, 0) is 0 Å². The number of benzene rings is 3. The van der Waals surface area contributed by atoms with E-state index in [0.717, 1.165) is 60.4 Å². The molecule has 4 heteroatoms. The quantitative estimate of drug-likeness (QED) is 0.136. The molecule has 0 aliphatic rings. The van der Waals surface area contributed by atoms with Crippen molar-refractivity contribution in [2.75, 3.05) is 25.2 Å². The number of anilines is 3. The fourth-order valence-corrected chi connectivity index (χ4v) is 4.71. The fourth-order valence-electron chi connectivity index (χ4n) is 4.71. The molecule has 0 saturated heterocycles. The highest BCUT2D eigenvalue weighted by atomic mass is 16.5. The van der Waals surface area contributed by atoms with Gasteiger partial charge in [-0.15, -0.1) is 0 Å². The summed E-state index contributed by atoms with van der Waals surface area (Å²) in [6.07, 6.45) is 15.2. The summed E-state index contributed by atoms with van der Waals surface area (Å²) in [5, 5.41) is 0. The van der Waals surface area contributed by atoms with Crippen LogP contribution in [0, 0.1) is 0 Å². The second kappa shape index (κ2) is 18.2. The lowest BCUT2D eigenvalue weighted by molar-refractivity contribution is 0.304. The molecule has 0 aliphatic heterocycles. The van der Waals surface area contributed by atoms with Crippen LogP contribution in [0.3, 0.4) is 0 Å². The molecule has 0 fully saturated rings. The molecule has 0 amide bonds. The van der Waals surface area contributed by atoms with Gasteiger partial charge >= 0.3 is 0 Å². The minimum atomic E-state index is 0.772. The van der Waals surface area contributed by atoms with Crippen molar-refractivity contribution in [2.24, 2.45) is 0 Å². The van der Waals surface area contributed by atoms with Gasteiger partial charge in [0, 0.05) is 17.1 Å². The molecule has 4 nitrogen and oxygen atoms in total. The third-order valence-electron chi connectivity index (χ3n) is 7.05. The number of hydrogen-bond acceptors (Lipinski definition) is 4. The van der Waals surface area contributed by atoms with Gasteiger partial charge in [-0.3, -0.25) is 0 Å². The van der Waals surface area contributed by atoms with Crippen LogP contribution < -0.4 is 19.1 Å². The largest absolute Gasteiger partial charge is 0.497 e. The van der Waals surface area contributed by atoms with Crippen LogP contribution in [0.2, 0.25) is 0 Å². The standard InChI is InChI=1S/C35H49NO3/c1-4-6-8-10-12-14-28-38-34-24-18-31(19-25-34)36(30-16-22-33(37-3)23-17-30)32-20-26-35(27-21-32)39-29-15-13-11-9-7-5-2/h16-27H,4-15,28-29H2,1-3H3. The summed E-state index contributed by atoms with van der Waals surface area (Å²) < 4.78 is 17.4. The van der Waals surface area contributed by atoms with Crippen LogP contribution in [0.4, 0.5) is 17.1 Å². The van der Waals surface area contributed by atoms with E-state index in [1.165, 1.54) is 64.2 Å². The van der Waals surface area contributed by atoms with Crippen molar-refractivity contribution < 1.29 is 14.2 Å². The lowest BCUT2D eigenvalue weighted by atomic mass is 10.1. The van der Waals surface area contributed by atoms with Crippen molar-refractivity contribution >= 4 is 17.1 Å². The lowest BCUT2D eigenvalue weighted by Gasteiger charge is -2.26. The van der Waals surface area contributed by atoms with Gasteiger partial charge in [-0.25, -0.2) is 0 Å². The van der Waals surface area contributed by atoms with Crippen LogP contribution in [0.1, 0.15) is 90.9 Å². The topological polar surface area (TPSA) is 30.9 Å². The summed E-state index contributed by atoms with van der Waals surface area (Å²) >= 11 is 0. The van der Waals surface area contributed by atoms with Gasteiger partial charge in [0.25, 0.3) is 0 Å². The van der Waals surface area contributed by atoms with Crippen molar-refractivity contribution in [3.05, 3.63) is 72.8 Å². The Labute approximate surface area is 237 Å². The van der Waals surface area contributed by atoms with Gasteiger partial charge in [0.15, 0.2) is 0 Å². The van der Waals surface area contributed by atoms with Gasteiger partial charge in [-0.05, 0) is 85.6 Å². The molecule has 0 heterocycles. The van der Waals surface area contributed by atoms with Crippen molar-refractivity contribution in [2.45, 2.75) is 90.9 Å². The minimum absolute atomic E-state index is 0.772. The second-order valence-electron chi connectivity index (χ2n) is 10.3. The molecule has 0 bridgehead atoms. The Morgan fingerprint density at radius 1 is 0.436 bits per heavy atom. The van der Waals surface area contributed by atoms with Gasteiger partial charge in [0.05, 0.1) is 20.3 Å². The van der Waals surface area contributed by atoms with E-state index in [0.29, 0.717) is 0 Å². The molecular formula is C35H49NO3. The Morgan fingerprint density at radius 2 is 0.769 bits per heavy atom. The van der Waals surface area contributed by atoms with Crippen molar-refractivity contribution in [3.8, 4) is 17.2 Å². The molecule has 0 aromatic heterocycles. The number of hydrogen-bond donors (Lipinski definition) is 0. The average molecular weight is 532 g/mol. The summed E-state index contributed by atoms with van der Waals surface area (Å²) in [6.45, 7) is 6.05. The number of unbranched alkanes of at least 4 members (excludes halogenated alkanes) is 10. The molecule has 0 N–H and O–H groups in total. The predicted molar refractivity (Wildman–Crippen MR) is 165 cm³/mol. The third-order valence-corrected chi connectivity index (χ3v) is 7.05. The Morgan fingerprint density at radius 3 is 1.13 bits per heavy atom. The van der Waals surface area contributed by atoms with Gasteiger partial charge in [0.2, 0.25) is 0 Å². The highest BCUT2D eigenvalue weighted by Crippen LogP contribution is 2.36. The van der Waals surface area contributed by atoms with Crippen LogP contribution in [-0.4, -0.2) is 20.3 Å². The van der Waals surface area contributed by atoms with Gasteiger partial charge < -0.3 is 19.1 Å². The van der Waals surface area contributed by atoms with Gasteiger partial charge in [0.1, 0.15) is 17.2 Å². The maximum atomic E-state index is 6.03. The normalized spacial score (nSPS) is 10.8. The average Bonchev–Trinajstić information content (AvgIpc) is 2.98. The number of ether oxygens (including phenoxy) is 3. The zero-order chi connectivity index (χ0) is 27.5. The van der Waals surface area contributed by atoms with E-state index in [-0.39, 0.29) is 0 Å².